The number of hydrogen-bond donors (Lipinski definition) is 1. The van der Waals surface area contributed by atoms with E-state index in [1.807, 2.05) is 0 Å². The Morgan fingerprint density at radius 2 is 2.20 bits per heavy atom. The summed E-state index contributed by atoms with van der Waals surface area (Å²) in [5, 5.41) is 14.2. The molecule has 4 unspecified atom stereocenters. The minimum atomic E-state index is -0.383. The fourth-order valence-corrected chi connectivity index (χ4v) is 4.07. The molecule has 0 saturated heterocycles. The zero-order valence-electron chi connectivity index (χ0n) is 12.0. The van der Waals surface area contributed by atoms with Crippen LogP contribution in [0.2, 0.25) is 0 Å². The first-order chi connectivity index (χ1) is 9.54. The number of aromatic nitrogens is 1. The summed E-state index contributed by atoms with van der Waals surface area (Å²) >= 11 is 0. The maximum atomic E-state index is 10.8. The largest absolute Gasteiger partial charge is 0.367 e. The minimum Gasteiger partial charge on any atom is -0.367 e. The van der Waals surface area contributed by atoms with Crippen molar-refractivity contribution in [2.45, 2.75) is 45.6 Å². The van der Waals surface area contributed by atoms with Gasteiger partial charge in [0.25, 0.3) is 5.69 Å². The van der Waals surface area contributed by atoms with Gasteiger partial charge in [0.1, 0.15) is 11.5 Å². The Kier molecular flexibility index (Phi) is 3.36. The first-order valence-electron chi connectivity index (χ1n) is 7.43. The maximum Gasteiger partial charge on any atom is 0.290 e. The van der Waals surface area contributed by atoms with E-state index < -0.39 is 0 Å². The van der Waals surface area contributed by atoms with Gasteiger partial charge in [-0.25, -0.2) is 4.98 Å². The van der Waals surface area contributed by atoms with Crippen LogP contribution < -0.4 is 5.32 Å². The minimum absolute atomic E-state index is 0.0862. The summed E-state index contributed by atoms with van der Waals surface area (Å²) in [6.45, 7) is 3.90. The number of fused-ring (bicyclic) bond motifs is 2. The third kappa shape index (κ3) is 2.37. The van der Waals surface area contributed by atoms with Crippen LogP contribution in [0.15, 0.2) is 12.1 Å². The highest BCUT2D eigenvalue weighted by Crippen LogP contribution is 2.49. The summed E-state index contributed by atoms with van der Waals surface area (Å²) in [6.07, 6.45) is 5.49. The van der Waals surface area contributed by atoms with Gasteiger partial charge in [-0.15, -0.1) is 0 Å². The van der Waals surface area contributed by atoms with Gasteiger partial charge in [0.05, 0.1) is 4.92 Å². The van der Waals surface area contributed by atoms with E-state index >= 15 is 0 Å². The van der Waals surface area contributed by atoms with E-state index in [9.17, 15) is 10.1 Å². The van der Waals surface area contributed by atoms with Gasteiger partial charge < -0.3 is 5.32 Å². The maximum absolute atomic E-state index is 10.8. The predicted molar refractivity (Wildman–Crippen MR) is 77.7 cm³/mol. The Labute approximate surface area is 118 Å². The molecule has 108 valence electrons. The molecule has 20 heavy (non-hydrogen) atoms. The van der Waals surface area contributed by atoms with Gasteiger partial charge in [-0.05, 0) is 56.9 Å². The van der Waals surface area contributed by atoms with E-state index in [0.29, 0.717) is 11.7 Å². The molecular weight excluding hydrogens is 254 g/mol. The number of nitro groups is 1. The van der Waals surface area contributed by atoms with Crippen LogP contribution >= 0.6 is 0 Å². The summed E-state index contributed by atoms with van der Waals surface area (Å²) in [7, 11) is 0. The van der Waals surface area contributed by atoms with Crippen LogP contribution in [0.5, 0.6) is 0 Å². The lowest BCUT2D eigenvalue weighted by molar-refractivity contribution is -0.385. The molecule has 3 rings (SSSR count). The van der Waals surface area contributed by atoms with Crippen molar-refractivity contribution < 1.29 is 4.92 Å². The van der Waals surface area contributed by atoms with E-state index in [0.717, 1.165) is 23.6 Å². The number of pyridine rings is 1. The molecule has 2 fully saturated rings. The van der Waals surface area contributed by atoms with Crippen molar-refractivity contribution >= 4 is 11.5 Å². The SMILES string of the molecule is Cc1nc(NC(C)C2CC3CCC2C3)ccc1[N+](=O)[O-]. The summed E-state index contributed by atoms with van der Waals surface area (Å²) in [6, 6.07) is 3.64. The van der Waals surface area contributed by atoms with Crippen molar-refractivity contribution in [1.29, 1.82) is 0 Å². The van der Waals surface area contributed by atoms with Crippen molar-refractivity contribution in [2.24, 2.45) is 17.8 Å². The lowest BCUT2D eigenvalue weighted by Crippen LogP contribution is -2.30. The van der Waals surface area contributed by atoms with Crippen LogP contribution in [0.1, 0.15) is 38.3 Å². The highest BCUT2D eigenvalue weighted by atomic mass is 16.6. The number of hydrogen-bond acceptors (Lipinski definition) is 4. The number of rotatable bonds is 4. The van der Waals surface area contributed by atoms with Gasteiger partial charge in [-0.3, -0.25) is 10.1 Å². The van der Waals surface area contributed by atoms with E-state index in [1.165, 1.54) is 31.7 Å². The number of nitrogens with zero attached hydrogens (tertiary/aromatic N) is 2. The fourth-order valence-electron chi connectivity index (χ4n) is 4.07. The average Bonchev–Trinajstić information content (AvgIpc) is 3.00. The van der Waals surface area contributed by atoms with Gasteiger partial charge in [-0.1, -0.05) is 6.42 Å². The first kappa shape index (κ1) is 13.3. The summed E-state index contributed by atoms with van der Waals surface area (Å²) in [4.78, 5) is 14.7. The summed E-state index contributed by atoms with van der Waals surface area (Å²) in [5.74, 6) is 3.27. The Bertz CT molecular complexity index is 532. The average molecular weight is 275 g/mol. The van der Waals surface area contributed by atoms with E-state index in [2.05, 4.69) is 17.2 Å². The fraction of sp³-hybridized carbons (Fsp3) is 0.667. The van der Waals surface area contributed by atoms with Gasteiger partial charge >= 0.3 is 0 Å². The molecule has 0 radical (unpaired) electrons. The second-order valence-electron chi connectivity index (χ2n) is 6.33. The zero-order valence-corrected chi connectivity index (χ0v) is 12.0. The number of anilines is 1. The zero-order chi connectivity index (χ0) is 14.3. The van der Waals surface area contributed by atoms with Crippen LogP contribution in [0.25, 0.3) is 0 Å². The monoisotopic (exact) mass is 275 g/mol. The van der Waals surface area contributed by atoms with Gasteiger partial charge in [0, 0.05) is 12.1 Å². The molecule has 0 aromatic carbocycles. The molecule has 5 heteroatoms. The van der Waals surface area contributed by atoms with Crippen molar-refractivity contribution in [1.82, 2.24) is 4.98 Å². The highest BCUT2D eigenvalue weighted by Gasteiger charge is 2.41. The van der Waals surface area contributed by atoms with Crippen molar-refractivity contribution in [2.75, 3.05) is 5.32 Å². The Balaban J connectivity index is 1.68. The van der Waals surface area contributed by atoms with Crippen LogP contribution in [-0.2, 0) is 0 Å². The van der Waals surface area contributed by atoms with Crippen molar-refractivity contribution in [3.8, 4) is 0 Å². The van der Waals surface area contributed by atoms with Gasteiger partial charge in [-0.2, -0.15) is 0 Å². The van der Waals surface area contributed by atoms with E-state index in [-0.39, 0.29) is 10.6 Å². The van der Waals surface area contributed by atoms with Gasteiger partial charge in [0.2, 0.25) is 0 Å². The molecule has 2 aliphatic carbocycles. The third-order valence-electron chi connectivity index (χ3n) is 5.07. The molecular formula is C15H21N3O2. The smallest absolute Gasteiger partial charge is 0.290 e. The Morgan fingerprint density at radius 1 is 1.40 bits per heavy atom. The topological polar surface area (TPSA) is 68.1 Å². The number of aryl methyl sites for hydroxylation is 1. The Hall–Kier alpha value is -1.65. The molecule has 1 aromatic heterocycles. The molecule has 4 atom stereocenters. The third-order valence-corrected chi connectivity index (χ3v) is 5.07. The second-order valence-corrected chi connectivity index (χ2v) is 6.33. The predicted octanol–water partition coefficient (Wildman–Crippen LogP) is 3.53. The Morgan fingerprint density at radius 3 is 2.75 bits per heavy atom. The lowest BCUT2D eigenvalue weighted by Gasteiger charge is -2.28. The molecule has 5 nitrogen and oxygen atoms in total. The quantitative estimate of drug-likeness (QED) is 0.674. The first-order valence-corrected chi connectivity index (χ1v) is 7.43. The standard InChI is InChI=1S/C15H21N3O2/c1-9(13-8-11-3-4-12(13)7-11)16-15-6-5-14(18(19)20)10(2)17-15/h5-6,9,11-13H,3-4,7-8H2,1-2H3,(H,16,17). The van der Waals surface area contributed by atoms with Crippen LogP contribution in [0.3, 0.4) is 0 Å². The molecule has 0 amide bonds. The van der Waals surface area contributed by atoms with E-state index in [1.54, 1.807) is 13.0 Å². The van der Waals surface area contributed by atoms with E-state index in [4.69, 9.17) is 0 Å². The van der Waals surface area contributed by atoms with Crippen molar-refractivity contribution in [3.63, 3.8) is 0 Å². The second kappa shape index (κ2) is 5.04. The van der Waals surface area contributed by atoms with Gasteiger partial charge in [0.15, 0.2) is 0 Å². The number of nitrogens with one attached hydrogen (secondary N) is 1. The molecule has 1 N–H and O–H groups in total. The molecule has 2 bridgehead atoms. The molecule has 0 spiro atoms. The molecule has 1 aromatic rings. The molecule has 2 aliphatic rings. The highest BCUT2D eigenvalue weighted by molar-refractivity contribution is 5.45. The van der Waals surface area contributed by atoms with Crippen LogP contribution in [-0.4, -0.2) is 15.9 Å². The molecule has 1 heterocycles. The van der Waals surface area contributed by atoms with Crippen LogP contribution in [0.4, 0.5) is 11.5 Å². The molecule has 2 saturated carbocycles. The summed E-state index contributed by atoms with van der Waals surface area (Å²) < 4.78 is 0. The van der Waals surface area contributed by atoms with Crippen molar-refractivity contribution in [3.05, 3.63) is 27.9 Å². The van der Waals surface area contributed by atoms with Crippen LogP contribution in [0, 0.1) is 34.8 Å². The lowest BCUT2D eigenvalue weighted by atomic mass is 9.84. The summed E-state index contributed by atoms with van der Waals surface area (Å²) in [5.41, 5.74) is 0.559. The molecule has 0 aliphatic heterocycles. The normalized spacial score (nSPS) is 29.4.